The van der Waals surface area contributed by atoms with Crippen molar-refractivity contribution in [2.24, 2.45) is 5.41 Å². The summed E-state index contributed by atoms with van der Waals surface area (Å²) in [6, 6.07) is 5.10. The summed E-state index contributed by atoms with van der Waals surface area (Å²) < 4.78 is 14.7. The van der Waals surface area contributed by atoms with Crippen molar-refractivity contribution in [3.63, 3.8) is 0 Å². The van der Waals surface area contributed by atoms with Crippen molar-refractivity contribution in [1.29, 1.82) is 0 Å². The lowest BCUT2D eigenvalue weighted by molar-refractivity contribution is 0.142. The Morgan fingerprint density at radius 3 is 2.72 bits per heavy atom. The molecule has 0 unspecified atom stereocenters. The lowest BCUT2D eigenvalue weighted by Gasteiger charge is -2.45. The highest BCUT2D eigenvalue weighted by molar-refractivity contribution is 9.10. The van der Waals surface area contributed by atoms with E-state index in [0.29, 0.717) is 11.1 Å². The molecule has 0 saturated heterocycles. The standard InChI is InChI=1S/C14H20BrFN2/c1-17-9-14(6-3-7-14)10-18(2)13-8-11(15)4-5-12(13)16/h4-5,8,17H,3,6-7,9-10H2,1-2H3. The number of nitrogens with zero attached hydrogens (tertiary/aromatic N) is 1. The first-order valence-electron chi connectivity index (χ1n) is 6.37. The van der Waals surface area contributed by atoms with Gasteiger partial charge in [-0.1, -0.05) is 22.4 Å². The summed E-state index contributed by atoms with van der Waals surface area (Å²) in [4.78, 5) is 2.04. The third-order valence-corrected chi connectivity index (χ3v) is 4.35. The van der Waals surface area contributed by atoms with E-state index in [4.69, 9.17) is 0 Å². The number of benzene rings is 1. The molecular weight excluding hydrogens is 295 g/mol. The van der Waals surface area contributed by atoms with Crippen LogP contribution >= 0.6 is 15.9 Å². The van der Waals surface area contributed by atoms with E-state index in [9.17, 15) is 4.39 Å². The summed E-state index contributed by atoms with van der Waals surface area (Å²) in [6.07, 6.45) is 3.75. The zero-order valence-electron chi connectivity index (χ0n) is 11.0. The molecule has 4 heteroatoms. The second-order valence-corrected chi connectivity index (χ2v) is 6.25. The van der Waals surface area contributed by atoms with Crippen molar-refractivity contribution in [1.82, 2.24) is 5.32 Å². The Labute approximate surface area is 117 Å². The molecule has 18 heavy (non-hydrogen) atoms. The van der Waals surface area contributed by atoms with Crippen LogP contribution in [0, 0.1) is 11.2 Å². The van der Waals surface area contributed by atoms with Crippen molar-refractivity contribution in [3.8, 4) is 0 Å². The molecule has 1 fully saturated rings. The molecule has 1 aliphatic carbocycles. The number of anilines is 1. The van der Waals surface area contributed by atoms with E-state index in [1.807, 2.05) is 25.1 Å². The molecule has 1 saturated carbocycles. The molecule has 100 valence electrons. The predicted octanol–water partition coefficient (Wildman–Crippen LogP) is 3.41. The highest BCUT2D eigenvalue weighted by Crippen LogP contribution is 2.41. The van der Waals surface area contributed by atoms with Crippen LogP contribution in [-0.2, 0) is 0 Å². The first kappa shape index (κ1) is 13.8. The molecule has 0 amide bonds. The summed E-state index contributed by atoms with van der Waals surface area (Å²) in [5, 5.41) is 3.26. The van der Waals surface area contributed by atoms with Gasteiger partial charge in [0.1, 0.15) is 5.82 Å². The first-order chi connectivity index (χ1) is 8.56. The summed E-state index contributed by atoms with van der Waals surface area (Å²) >= 11 is 3.40. The quantitative estimate of drug-likeness (QED) is 0.896. The van der Waals surface area contributed by atoms with Gasteiger partial charge in [-0.3, -0.25) is 0 Å². The highest BCUT2D eigenvalue weighted by Gasteiger charge is 2.37. The molecule has 0 aliphatic heterocycles. The van der Waals surface area contributed by atoms with E-state index in [1.165, 1.54) is 25.3 Å². The molecule has 1 aromatic rings. The summed E-state index contributed by atoms with van der Waals surface area (Å²) in [6.45, 7) is 1.91. The van der Waals surface area contributed by atoms with Gasteiger partial charge in [0.15, 0.2) is 0 Å². The third kappa shape index (κ3) is 2.86. The number of halogens is 2. The maximum Gasteiger partial charge on any atom is 0.146 e. The van der Waals surface area contributed by atoms with Crippen LogP contribution in [0.5, 0.6) is 0 Å². The molecule has 0 spiro atoms. The zero-order chi connectivity index (χ0) is 13.2. The van der Waals surface area contributed by atoms with E-state index >= 15 is 0 Å². The van der Waals surface area contributed by atoms with Gasteiger partial charge in [-0.15, -0.1) is 0 Å². The van der Waals surface area contributed by atoms with E-state index in [1.54, 1.807) is 6.07 Å². The van der Waals surface area contributed by atoms with Crippen molar-refractivity contribution >= 4 is 21.6 Å². The van der Waals surface area contributed by atoms with Gasteiger partial charge in [0.2, 0.25) is 0 Å². The maximum atomic E-state index is 13.8. The fourth-order valence-corrected chi connectivity index (χ4v) is 3.16. The van der Waals surface area contributed by atoms with Gasteiger partial charge >= 0.3 is 0 Å². The molecule has 2 nitrogen and oxygen atoms in total. The van der Waals surface area contributed by atoms with Gasteiger partial charge in [-0.2, -0.15) is 0 Å². The molecule has 0 atom stereocenters. The molecule has 0 aromatic heterocycles. The average Bonchev–Trinajstić information content (AvgIpc) is 2.29. The Morgan fingerprint density at radius 1 is 1.44 bits per heavy atom. The average molecular weight is 315 g/mol. The molecule has 0 bridgehead atoms. The van der Waals surface area contributed by atoms with Crippen molar-refractivity contribution in [3.05, 3.63) is 28.5 Å². The first-order valence-corrected chi connectivity index (χ1v) is 7.16. The normalized spacial score (nSPS) is 17.3. The maximum absolute atomic E-state index is 13.8. The number of nitrogens with one attached hydrogen (secondary N) is 1. The Balaban J connectivity index is 2.11. The van der Waals surface area contributed by atoms with Crippen LogP contribution in [-0.4, -0.2) is 27.2 Å². The van der Waals surface area contributed by atoms with E-state index in [2.05, 4.69) is 21.2 Å². The summed E-state index contributed by atoms with van der Waals surface area (Å²) in [5.74, 6) is -0.153. The highest BCUT2D eigenvalue weighted by atomic mass is 79.9. The fourth-order valence-electron chi connectivity index (χ4n) is 2.81. The monoisotopic (exact) mass is 314 g/mol. The van der Waals surface area contributed by atoms with Gasteiger partial charge in [0.25, 0.3) is 0 Å². The number of rotatable bonds is 5. The number of hydrogen-bond acceptors (Lipinski definition) is 2. The molecule has 1 aliphatic rings. The Morgan fingerprint density at radius 2 is 2.17 bits per heavy atom. The molecule has 0 heterocycles. The Bertz CT molecular complexity index is 418. The van der Waals surface area contributed by atoms with Gasteiger partial charge < -0.3 is 10.2 Å². The van der Waals surface area contributed by atoms with Crippen LogP contribution in [0.4, 0.5) is 10.1 Å². The van der Waals surface area contributed by atoms with Crippen LogP contribution in [0.3, 0.4) is 0 Å². The van der Waals surface area contributed by atoms with Crippen LogP contribution in [0.1, 0.15) is 19.3 Å². The second-order valence-electron chi connectivity index (χ2n) is 5.34. The molecule has 2 rings (SSSR count). The fraction of sp³-hybridized carbons (Fsp3) is 0.571. The molecule has 1 aromatic carbocycles. The molecular formula is C14H20BrFN2. The zero-order valence-corrected chi connectivity index (χ0v) is 12.6. The van der Waals surface area contributed by atoms with Crippen molar-refractivity contribution < 1.29 is 4.39 Å². The van der Waals surface area contributed by atoms with Crippen LogP contribution < -0.4 is 10.2 Å². The Hall–Kier alpha value is -0.610. The minimum absolute atomic E-state index is 0.153. The smallest absolute Gasteiger partial charge is 0.146 e. The Kier molecular flexibility index (Phi) is 4.28. The van der Waals surface area contributed by atoms with Crippen molar-refractivity contribution in [2.45, 2.75) is 19.3 Å². The third-order valence-electron chi connectivity index (χ3n) is 3.86. The van der Waals surface area contributed by atoms with E-state index in [-0.39, 0.29) is 5.82 Å². The van der Waals surface area contributed by atoms with Gasteiger partial charge in [0, 0.05) is 30.0 Å². The number of hydrogen-bond donors (Lipinski definition) is 1. The lowest BCUT2D eigenvalue weighted by Crippen LogP contribution is -2.47. The molecule has 0 radical (unpaired) electrons. The van der Waals surface area contributed by atoms with Crippen LogP contribution in [0.25, 0.3) is 0 Å². The summed E-state index contributed by atoms with van der Waals surface area (Å²) in [7, 11) is 3.96. The minimum Gasteiger partial charge on any atom is -0.372 e. The topological polar surface area (TPSA) is 15.3 Å². The van der Waals surface area contributed by atoms with Gasteiger partial charge in [-0.05, 0) is 38.1 Å². The van der Waals surface area contributed by atoms with E-state index in [0.717, 1.165) is 17.6 Å². The van der Waals surface area contributed by atoms with Crippen LogP contribution in [0.2, 0.25) is 0 Å². The SMILES string of the molecule is CNCC1(CN(C)c2cc(Br)ccc2F)CCC1. The summed E-state index contributed by atoms with van der Waals surface area (Å²) in [5.41, 5.74) is 0.991. The van der Waals surface area contributed by atoms with Gasteiger partial charge in [0.05, 0.1) is 5.69 Å². The lowest BCUT2D eigenvalue weighted by atomic mass is 9.68. The largest absolute Gasteiger partial charge is 0.372 e. The predicted molar refractivity (Wildman–Crippen MR) is 77.6 cm³/mol. The van der Waals surface area contributed by atoms with E-state index < -0.39 is 0 Å². The minimum atomic E-state index is -0.153. The van der Waals surface area contributed by atoms with Crippen LogP contribution in [0.15, 0.2) is 22.7 Å². The molecule has 1 N–H and O–H groups in total. The second kappa shape index (κ2) is 5.57. The van der Waals surface area contributed by atoms with Crippen molar-refractivity contribution in [2.75, 3.05) is 32.1 Å². The van der Waals surface area contributed by atoms with Gasteiger partial charge in [-0.25, -0.2) is 4.39 Å².